The maximum Gasteiger partial charge on any atom is 0.245 e. The van der Waals surface area contributed by atoms with Gasteiger partial charge >= 0.3 is 0 Å². The molecule has 1 rings (SSSR count). The highest BCUT2D eigenvalue weighted by atomic mass is 16.5. The van der Waals surface area contributed by atoms with Gasteiger partial charge in [0.15, 0.2) is 6.73 Å². The lowest BCUT2D eigenvalue weighted by Crippen LogP contribution is -2.33. The molecule has 0 spiro atoms. The van der Waals surface area contributed by atoms with Crippen molar-refractivity contribution in [2.24, 2.45) is 5.92 Å². The van der Waals surface area contributed by atoms with Crippen LogP contribution in [0.5, 0.6) is 0 Å². The molecule has 1 aromatic rings. The predicted molar refractivity (Wildman–Crippen MR) is 60.3 cm³/mol. The van der Waals surface area contributed by atoms with Gasteiger partial charge in [-0.05, 0) is 12.3 Å². The molecule has 0 atom stereocenters. The molecule has 0 amide bonds. The van der Waals surface area contributed by atoms with E-state index in [0.717, 1.165) is 13.2 Å². The van der Waals surface area contributed by atoms with Crippen molar-refractivity contribution in [2.45, 2.75) is 46.9 Å². The van der Waals surface area contributed by atoms with Gasteiger partial charge in [-0.1, -0.05) is 27.2 Å². The summed E-state index contributed by atoms with van der Waals surface area (Å²) in [5, 5.41) is 0. The molecule has 86 valence electrons. The summed E-state index contributed by atoms with van der Waals surface area (Å²) in [6.45, 7) is 9.13. The molecule has 0 aliphatic carbocycles. The average Bonchev–Trinajstić information content (AvgIpc) is 2.62. The quantitative estimate of drug-likeness (QED) is 0.632. The van der Waals surface area contributed by atoms with Crippen molar-refractivity contribution in [2.75, 3.05) is 6.61 Å². The Labute approximate surface area is 92.7 Å². The van der Waals surface area contributed by atoms with Gasteiger partial charge in [-0.25, -0.2) is 9.13 Å². The Kier molecular flexibility index (Phi) is 5.40. The second-order valence-corrected chi connectivity index (χ2v) is 4.41. The van der Waals surface area contributed by atoms with Gasteiger partial charge < -0.3 is 4.74 Å². The lowest BCUT2D eigenvalue weighted by molar-refractivity contribution is -0.732. The summed E-state index contributed by atoms with van der Waals surface area (Å²) in [5.41, 5.74) is 0. The second kappa shape index (κ2) is 6.62. The molecule has 1 heterocycles. The van der Waals surface area contributed by atoms with Crippen molar-refractivity contribution in [1.82, 2.24) is 4.57 Å². The number of aromatic nitrogens is 2. The first kappa shape index (κ1) is 12.2. The summed E-state index contributed by atoms with van der Waals surface area (Å²) in [5.74, 6) is 0.604. The smallest absolute Gasteiger partial charge is 0.245 e. The largest absolute Gasteiger partial charge is 0.341 e. The molecule has 0 aliphatic heterocycles. The molecule has 0 saturated carbocycles. The first-order chi connectivity index (χ1) is 7.22. The van der Waals surface area contributed by atoms with Crippen molar-refractivity contribution in [3.8, 4) is 0 Å². The van der Waals surface area contributed by atoms with Gasteiger partial charge in [0.05, 0.1) is 13.2 Å². The van der Waals surface area contributed by atoms with Crippen molar-refractivity contribution in [1.29, 1.82) is 0 Å². The van der Waals surface area contributed by atoms with E-state index >= 15 is 0 Å². The van der Waals surface area contributed by atoms with Gasteiger partial charge in [0.1, 0.15) is 12.4 Å². The number of hydrogen-bond donors (Lipinski definition) is 0. The van der Waals surface area contributed by atoms with E-state index < -0.39 is 0 Å². The summed E-state index contributed by atoms with van der Waals surface area (Å²) >= 11 is 0. The number of unbranched alkanes of at least 4 members (excludes halogenated alkanes) is 1. The van der Waals surface area contributed by atoms with Crippen LogP contribution in [-0.4, -0.2) is 11.2 Å². The van der Waals surface area contributed by atoms with Crippen LogP contribution in [0.15, 0.2) is 18.7 Å². The van der Waals surface area contributed by atoms with Crippen LogP contribution in [-0.2, 0) is 18.0 Å². The summed E-state index contributed by atoms with van der Waals surface area (Å²) in [6.07, 6.45) is 8.75. The Morgan fingerprint density at radius 3 is 2.87 bits per heavy atom. The molecule has 3 nitrogen and oxygen atoms in total. The van der Waals surface area contributed by atoms with Crippen LogP contribution in [0.3, 0.4) is 0 Å². The zero-order valence-corrected chi connectivity index (χ0v) is 10.1. The third-order valence-corrected chi connectivity index (χ3v) is 2.21. The van der Waals surface area contributed by atoms with Crippen LogP contribution in [0.25, 0.3) is 0 Å². The molecule has 0 aliphatic rings. The first-order valence-electron chi connectivity index (χ1n) is 5.85. The number of rotatable bonds is 7. The predicted octanol–water partition coefficient (Wildman–Crippen LogP) is 2.21. The highest BCUT2D eigenvalue weighted by Gasteiger charge is 2.03. The molecule has 15 heavy (non-hydrogen) atoms. The fourth-order valence-electron chi connectivity index (χ4n) is 1.38. The number of imidazole rings is 1. The Hall–Kier alpha value is -0.830. The van der Waals surface area contributed by atoms with Gasteiger partial charge in [0.25, 0.3) is 0 Å². The lowest BCUT2D eigenvalue weighted by atomic mass is 10.2. The summed E-state index contributed by atoms with van der Waals surface area (Å²) in [6, 6.07) is 0. The highest BCUT2D eigenvalue weighted by Crippen LogP contribution is 1.94. The van der Waals surface area contributed by atoms with E-state index in [1.165, 1.54) is 12.8 Å². The third kappa shape index (κ3) is 4.98. The lowest BCUT2D eigenvalue weighted by Gasteiger charge is -2.03. The molecular weight excluding hydrogens is 188 g/mol. The molecule has 3 heteroatoms. The van der Waals surface area contributed by atoms with Gasteiger partial charge in [0.2, 0.25) is 6.33 Å². The van der Waals surface area contributed by atoms with E-state index in [2.05, 4.69) is 48.6 Å². The van der Waals surface area contributed by atoms with Crippen LogP contribution in [0.1, 0.15) is 33.6 Å². The van der Waals surface area contributed by atoms with Crippen molar-refractivity contribution >= 4 is 0 Å². The average molecular weight is 211 g/mol. The van der Waals surface area contributed by atoms with Crippen LogP contribution in [0.4, 0.5) is 0 Å². The van der Waals surface area contributed by atoms with E-state index in [1.54, 1.807) is 0 Å². The fraction of sp³-hybridized carbons (Fsp3) is 0.750. The number of nitrogens with zero attached hydrogens (tertiary/aromatic N) is 2. The van der Waals surface area contributed by atoms with Gasteiger partial charge in [0, 0.05) is 0 Å². The number of hydrogen-bond acceptors (Lipinski definition) is 1. The van der Waals surface area contributed by atoms with E-state index in [4.69, 9.17) is 4.74 Å². The highest BCUT2D eigenvalue weighted by molar-refractivity contribution is 4.65. The van der Waals surface area contributed by atoms with E-state index in [1.807, 2.05) is 0 Å². The van der Waals surface area contributed by atoms with E-state index in [-0.39, 0.29) is 0 Å². The van der Waals surface area contributed by atoms with Gasteiger partial charge in [-0.2, -0.15) is 0 Å². The topological polar surface area (TPSA) is 18.0 Å². The number of ether oxygens (including phenoxy) is 1. The van der Waals surface area contributed by atoms with Gasteiger partial charge in [-0.3, -0.25) is 0 Å². The minimum atomic E-state index is 0.604. The maximum absolute atomic E-state index is 5.55. The summed E-state index contributed by atoms with van der Waals surface area (Å²) in [4.78, 5) is 0. The van der Waals surface area contributed by atoms with E-state index in [0.29, 0.717) is 12.6 Å². The van der Waals surface area contributed by atoms with Crippen LogP contribution >= 0.6 is 0 Å². The fourth-order valence-corrected chi connectivity index (χ4v) is 1.38. The molecule has 0 aromatic carbocycles. The Morgan fingerprint density at radius 2 is 2.20 bits per heavy atom. The summed E-state index contributed by atoms with van der Waals surface area (Å²) in [7, 11) is 0. The molecule has 0 bridgehead atoms. The maximum atomic E-state index is 5.55. The minimum absolute atomic E-state index is 0.604. The Balaban J connectivity index is 2.26. The molecule has 0 fully saturated rings. The van der Waals surface area contributed by atoms with Crippen molar-refractivity contribution < 1.29 is 9.30 Å². The summed E-state index contributed by atoms with van der Waals surface area (Å²) < 4.78 is 9.84. The number of aryl methyl sites for hydroxylation is 1. The molecule has 1 aromatic heterocycles. The molecule has 0 N–H and O–H groups in total. The normalized spacial score (nSPS) is 11.2. The van der Waals surface area contributed by atoms with Crippen LogP contribution in [0, 0.1) is 5.92 Å². The van der Waals surface area contributed by atoms with Gasteiger partial charge in [-0.15, -0.1) is 0 Å². The third-order valence-electron chi connectivity index (χ3n) is 2.21. The first-order valence-corrected chi connectivity index (χ1v) is 5.85. The SMILES string of the molecule is CCCCn1cc[n+](COCC(C)C)c1. The zero-order chi connectivity index (χ0) is 11.1. The van der Waals surface area contributed by atoms with Crippen LogP contribution in [0.2, 0.25) is 0 Å². The second-order valence-electron chi connectivity index (χ2n) is 4.41. The van der Waals surface area contributed by atoms with E-state index in [9.17, 15) is 0 Å². The zero-order valence-electron chi connectivity index (χ0n) is 10.1. The molecule has 0 saturated heterocycles. The monoisotopic (exact) mass is 211 g/mol. The standard InChI is InChI=1S/C12H23N2O/c1-4-5-6-13-7-8-14(10-13)11-15-9-12(2)3/h7-8,10,12H,4-6,9,11H2,1-3H3/q+1. The minimum Gasteiger partial charge on any atom is -0.341 e. The van der Waals surface area contributed by atoms with Crippen molar-refractivity contribution in [3.05, 3.63) is 18.7 Å². The molecular formula is C12H23N2O+. The Bertz CT molecular complexity index is 268. The molecule has 0 unspecified atom stereocenters. The Morgan fingerprint density at radius 1 is 1.40 bits per heavy atom. The van der Waals surface area contributed by atoms with Crippen molar-refractivity contribution in [3.63, 3.8) is 0 Å². The molecule has 0 radical (unpaired) electrons. The van der Waals surface area contributed by atoms with Crippen LogP contribution < -0.4 is 4.57 Å².